The van der Waals surface area contributed by atoms with Crippen LogP contribution in [-0.2, 0) is 0 Å². The summed E-state index contributed by atoms with van der Waals surface area (Å²) < 4.78 is 0. The molecule has 2 aromatic carbocycles. The number of thiazole rings is 1. The van der Waals surface area contributed by atoms with Crippen LogP contribution in [0.25, 0.3) is 6.08 Å². The number of anilines is 1. The molecule has 1 aliphatic carbocycles. The van der Waals surface area contributed by atoms with E-state index in [1.807, 2.05) is 48.3 Å². The molecule has 1 saturated carbocycles. The molecule has 174 valence electrons. The molecule has 0 saturated heterocycles. The number of hydrogen-bond acceptors (Lipinski definition) is 5. The standard InChI is InChI=1S/C26H24Cl2N4OS/c1-15-24(25(33)29-2)34-26(30-15)32-23(17-8-12-20(28)13-9-17)21-5-3-4-18(22(21)31-32)14-16-6-10-19(27)11-7-16/h6-14,21,23H,3-5H2,1-2H3,(H,29,33)/b18-14-. The molecule has 3 aromatic rings. The van der Waals surface area contributed by atoms with Crippen molar-refractivity contribution < 1.29 is 4.79 Å². The monoisotopic (exact) mass is 510 g/mol. The largest absolute Gasteiger partial charge is 0.354 e. The van der Waals surface area contributed by atoms with Gasteiger partial charge >= 0.3 is 0 Å². The lowest BCUT2D eigenvalue weighted by Crippen LogP contribution is -2.28. The zero-order valence-electron chi connectivity index (χ0n) is 18.9. The van der Waals surface area contributed by atoms with E-state index in [9.17, 15) is 4.79 Å². The highest BCUT2D eigenvalue weighted by atomic mass is 35.5. The first kappa shape index (κ1) is 23.1. The predicted molar refractivity (Wildman–Crippen MR) is 141 cm³/mol. The molecule has 5 rings (SSSR count). The number of amides is 1. The van der Waals surface area contributed by atoms with Crippen molar-refractivity contribution in [1.82, 2.24) is 10.3 Å². The quantitative estimate of drug-likeness (QED) is 0.414. The first-order valence-electron chi connectivity index (χ1n) is 11.2. The number of aromatic nitrogens is 1. The van der Waals surface area contributed by atoms with Gasteiger partial charge in [-0.2, -0.15) is 5.10 Å². The number of rotatable bonds is 4. The van der Waals surface area contributed by atoms with Crippen molar-refractivity contribution in [3.63, 3.8) is 0 Å². The minimum atomic E-state index is -0.128. The van der Waals surface area contributed by atoms with Gasteiger partial charge in [-0.15, -0.1) is 0 Å². The Bertz CT molecular complexity index is 1280. The molecule has 1 fully saturated rings. The summed E-state index contributed by atoms with van der Waals surface area (Å²) >= 11 is 13.7. The Morgan fingerprint density at radius 1 is 1.12 bits per heavy atom. The second kappa shape index (κ2) is 9.53. The third-order valence-corrected chi connectivity index (χ3v) is 7.99. The first-order valence-corrected chi connectivity index (χ1v) is 12.8. The molecule has 1 aromatic heterocycles. The van der Waals surface area contributed by atoms with Gasteiger partial charge < -0.3 is 5.32 Å². The average molecular weight is 511 g/mol. The fourth-order valence-electron chi connectivity index (χ4n) is 4.72. The third-order valence-electron chi connectivity index (χ3n) is 6.34. The van der Waals surface area contributed by atoms with Gasteiger partial charge in [-0.05, 0) is 73.2 Å². The zero-order chi connectivity index (χ0) is 23.8. The number of nitrogens with one attached hydrogen (secondary N) is 1. The highest BCUT2D eigenvalue weighted by molar-refractivity contribution is 7.17. The molecule has 8 heteroatoms. The molecule has 2 aliphatic rings. The Balaban J connectivity index is 1.60. The number of nitrogens with zero attached hydrogens (tertiary/aromatic N) is 3. The van der Waals surface area contributed by atoms with Gasteiger partial charge in [0.15, 0.2) is 0 Å². The van der Waals surface area contributed by atoms with Crippen LogP contribution in [0.15, 0.2) is 59.2 Å². The van der Waals surface area contributed by atoms with Crippen LogP contribution in [-0.4, -0.2) is 23.7 Å². The Labute approximate surface area is 213 Å². The maximum absolute atomic E-state index is 12.4. The predicted octanol–water partition coefficient (Wildman–Crippen LogP) is 6.92. The van der Waals surface area contributed by atoms with Crippen LogP contribution in [0.4, 0.5) is 5.13 Å². The number of hydrazone groups is 1. The molecule has 1 amide bonds. The summed E-state index contributed by atoms with van der Waals surface area (Å²) in [7, 11) is 1.64. The molecular formula is C26H24Cl2N4OS. The van der Waals surface area contributed by atoms with Gasteiger partial charge in [0.1, 0.15) is 4.88 Å². The third kappa shape index (κ3) is 4.38. The molecule has 34 heavy (non-hydrogen) atoms. The lowest BCUT2D eigenvalue weighted by molar-refractivity contribution is 0.0966. The van der Waals surface area contributed by atoms with Crippen LogP contribution >= 0.6 is 34.5 Å². The van der Waals surface area contributed by atoms with Crippen molar-refractivity contribution in [2.24, 2.45) is 11.0 Å². The van der Waals surface area contributed by atoms with Crippen LogP contribution in [0.5, 0.6) is 0 Å². The van der Waals surface area contributed by atoms with E-state index in [0.29, 0.717) is 15.6 Å². The number of carbonyl (C=O) groups is 1. The summed E-state index contributed by atoms with van der Waals surface area (Å²) in [5, 5.41) is 12.0. The van der Waals surface area contributed by atoms with E-state index < -0.39 is 0 Å². The number of benzene rings is 2. The normalized spacial score (nSPS) is 20.9. The topological polar surface area (TPSA) is 57.6 Å². The van der Waals surface area contributed by atoms with E-state index >= 15 is 0 Å². The maximum Gasteiger partial charge on any atom is 0.263 e. The number of allylic oxidation sites excluding steroid dienone is 1. The number of aryl methyl sites for hydroxylation is 1. The van der Waals surface area contributed by atoms with Gasteiger partial charge in [-0.3, -0.25) is 4.79 Å². The smallest absolute Gasteiger partial charge is 0.263 e. The average Bonchev–Trinajstić information content (AvgIpc) is 3.42. The van der Waals surface area contributed by atoms with E-state index in [1.165, 1.54) is 16.9 Å². The Morgan fingerprint density at radius 3 is 2.47 bits per heavy atom. The molecule has 1 N–H and O–H groups in total. The van der Waals surface area contributed by atoms with Crippen molar-refractivity contribution in [1.29, 1.82) is 0 Å². The molecule has 0 spiro atoms. The van der Waals surface area contributed by atoms with Crippen LogP contribution < -0.4 is 10.3 Å². The van der Waals surface area contributed by atoms with E-state index in [1.54, 1.807) is 7.05 Å². The van der Waals surface area contributed by atoms with Gasteiger partial charge in [0.2, 0.25) is 5.13 Å². The molecule has 0 bridgehead atoms. The van der Waals surface area contributed by atoms with Gasteiger partial charge in [0, 0.05) is 23.0 Å². The molecule has 2 unspecified atom stereocenters. The van der Waals surface area contributed by atoms with Crippen molar-refractivity contribution in [2.45, 2.75) is 32.2 Å². The molecule has 0 radical (unpaired) electrons. The lowest BCUT2D eigenvalue weighted by atomic mass is 9.77. The van der Waals surface area contributed by atoms with Gasteiger partial charge in [0.25, 0.3) is 5.91 Å². The van der Waals surface area contributed by atoms with Gasteiger partial charge in [-0.1, -0.05) is 58.8 Å². The van der Waals surface area contributed by atoms with E-state index in [-0.39, 0.29) is 17.9 Å². The highest BCUT2D eigenvalue weighted by Crippen LogP contribution is 2.47. The molecule has 5 nitrogen and oxygen atoms in total. The minimum absolute atomic E-state index is 0.00993. The van der Waals surface area contributed by atoms with Crippen molar-refractivity contribution in [3.05, 3.63) is 85.8 Å². The fourth-order valence-corrected chi connectivity index (χ4v) is 5.97. The summed E-state index contributed by atoms with van der Waals surface area (Å²) in [6.45, 7) is 1.87. The van der Waals surface area contributed by atoms with Gasteiger partial charge in [0.05, 0.1) is 17.4 Å². The number of carbonyl (C=O) groups excluding carboxylic acids is 1. The maximum atomic E-state index is 12.4. The van der Waals surface area contributed by atoms with Crippen LogP contribution in [0, 0.1) is 12.8 Å². The van der Waals surface area contributed by atoms with E-state index in [2.05, 4.69) is 23.5 Å². The fraction of sp³-hybridized carbons (Fsp3) is 0.269. The van der Waals surface area contributed by atoms with Crippen molar-refractivity contribution >= 4 is 57.4 Å². The number of halogens is 2. The minimum Gasteiger partial charge on any atom is -0.354 e. The number of fused-ring (bicyclic) bond motifs is 1. The lowest BCUT2D eigenvalue weighted by Gasteiger charge is -2.29. The zero-order valence-corrected chi connectivity index (χ0v) is 21.2. The first-order chi connectivity index (χ1) is 16.4. The molecule has 2 atom stereocenters. The van der Waals surface area contributed by atoms with E-state index in [0.717, 1.165) is 46.3 Å². The molecule has 1 aliphatic heterocycles. The van der Waals surface area contributed by atoms with E-state index in [4.69, 9.17) is 33.3 Å². The summed E-state index contributed by atoms with van der Waals surface area (Å²) in [6.07, 6.45) is 5.31. The van der Waals surface area contributed by atoms with Crippen molar-refractivity contribution in [2.75, 3.05) is 12.1 Å². The summed E-state index contributed by atoms with van der Waals surface area (Å²) in [5.41, 5.74) is 5.28. The Hall–Kier alpha value is -2.67. The highest BCUT2D eigenvalue weighted by Gasteiger charge is 2.43. The summed E-state index contributed by atoms with van der Waals surface area (Å²) in [5.74, 6) is 0.0954. The van der Waals surface area contributed by atoms with Crippen LogP contribution in [0.2, 0.25) is 10.0 Å². The Kier molecular flexibility index (Phi) is 6.47. The second-order valence-electron chi connectivity index (χ2n) is 8.54. The second-order valence-corrected chi connectivity index (χ2v) is 10.4. The Morgan fingerprint density at radius 2 is 1.79 bits per heavy atom. The summed E-state index contributed by atoms with van der Waals surface area (Å²) in [4.78, 5) is 17.7. The van der Waals surface area contributed by atoms with Gasteiger partial charge in [-0.25, -0.2) is 9.99 Å². The molecule has 2 heterocycles. The number of hydrogen-bond donors (Lipinski definition) is 1. The summed E-state index contributed by atoms with van der Waals surface area (Å²) in [6, 6.07) is 15.8. The van der Waals surface area contributed by atoms with Crippen LogP contribution in [0.1, 0.15) is 51.8 Å². The molecular weight excluding hydrogens is 487 g/mol. The van der Waals surface area contributed by atoms with Crippen molar-refractivity contribution in [3.8, 4) is 0 Å². The van der Waals surface area contributed by atoms with Crippen LogP contribution in [0.3, 0.4) is 0 Å². The SMILES string of the molecule is CNC(=O)c1sc(N2N=C3/C(=C\c4ccc(Cl)cc4)CCCC3C2c2ccc(Cl)cc2)nc1C.